The summed E-state index contributed by atoms with van der Waals surface area (Å²) in [4.78, 5) is 20.7. The maximum atomic E-state index is 13.0. The summed E-state index contributed by atoms with van der Waals surface area (Å²) in [6.07, 6.45) is 8.36. The van der Waals surface area contributed by atoms with E-state index in [0.717, 1.165) is 9.87 Å². The summed E-state index contributed by atoms with van der Waals surface area (Å²) in [5.74, 6) is 0.0349. The van der Waals surface area contributed by atoms with Gasteiger partial charge in [-0.25, -0.2) is 27.7 Å². The van der Waals surface area contributed by atoms with Crippen LogP contribution in [0.5, 0.6) is 5.88 Å². The summed E-state index contributed by atoms with van der Waals surface area (Å²) in [5, 5.41) is 5.66. The molecule has 34 heavy (non-hydrogen) atoms. The summed E-state index contributed by atoms with van der Waals surface area (Å²) < 4.78 is 32.2. The summed E-state index contributed by atoms with van der Waals surface area (Å²) in [7, 11) is -1.05. The molecule has 0 bridgehead atoms. The third kappa shape index (κ3) is 4.81. The number of sulfonamides is 1. The van der Waals surface area contributed by atoms with Crippen LogP contribution in [0, 0.1) is 5.92 Å². The molecule has 2 aromatic carbocycles. The van der Waals surface area contributed by atoms with Crippen LogP contribution in [0.15, 0.2) is 83.1 Å². The highest BCUT2D eigenvalue weighted by Crippen LogP contribution is 2.27. The number of anilines is 1. The van der Waals surface area contributed by atoms with Crippen molar-refractivity contribution in [1.29, 1.82) is 0 Å². The lowest BCUT2D eigenvalue weighted by molar-refractivity contribution is 0.0772. The number of hydrogen-bond acceptors (Lipinski definition) is 7. The van der Waals surface area contributed by atoms with Crippen LogP contribution in [-0.4, -0.2) is 56.2 Å². The maximum absolute atomic E-state index is 13.0. The van der Waals surface area contributed by atoms with E-state index in [-0.39, 0.29) is 28.4 Å². The molecule has 1 aliphatic heterocycles. The summed E-state index contributed by atoms with van der Waals surface area (Å²) in [6, 6.07) is 15.5. The Labute approximate surface area is 198 Å². The molecule has 1 atom stereocenters. The largest absolute Gasteiger partial charge is 0.478 e. The molecule has 0 fully saturated rings. The molecule has 174 valence electrons. The molecular weight excluding hydrogens is 454 g/mol. The first-order chi connectivity index (χ1) is 16.4. The van der Waals surface area contributed by atoms with Crippen molar-refractivity contribution in [3.05, 3.63) is 84.2 Å². The highest BCUT2D eigenvalue weighted by atomic mass is 32.2. The van der Waals surface area contributed by atoms with Gasteiger partial charge in [-0.05, 0) is 29.8 Å². The van der Waals surface area contributed by atoms with E-state index in [2.05, 4.69) is 15.1 Å². The van der Waals surface area contributed by atoms with Crippen LogP contribution in [0.25, 0.3) is 6.08 Å². The van der Waals surface area contributed by atoms with Gasteiger partial charge in [0.1, 0.15) is 0 Å². The first-order valence-corrected chi connectivity index (χ1v) is 11.9. The van der Waals surface area contributed by atoms with Crippen molar-refractivity contribution >= 4 is 34.0 Å². The van der Waals surface area contributed by atoms with Gasteiger partial charge in [-0.2, -0.15) is 5.10 Å². The third-order valence-corrected chi connectivity index (χ3v) is 7.01. The van der Waals surface area contributed by atoms with E-state index >= 15 is 0 Å². The monoisotopic (exact) mass is 477 g/mol. The van der Waals surface area contributed by atoms with E-state index in [4.69, 9.17) is 4.74 Å². The van der Waals surface area contributed by atoms with E-state index < -0.39 is 10.0 Å². The van der Waals surface area contributed by atoms with Gasteiger partial charge in [0.25, 0.3) is 21.8 Å². The molecule has 1 unspecified atom stereocenters. The van der Waals surface area contributed by atoms with E-state index in [1.807, 2.05) is 30.4 Å². The zero-order chi connectivity index (χ0) is 24.1. The molecule has 0 aliphatic carbocycles. The highest BCUT2D eigenvalue weighted by molar-refractivity contribution is 7.92. The molecule has 4 rings (SSSR count). The Balaban J connectivity index is 1.42. The molecule has 10 heteroatoms. The highest BCUT2D eigenvalue weighted by Gasteiger charge is 2.25. The lowest BCUT2D eigenvalue weighted by atomic mass is 10.1. The van der Waals surface area contributed by atoms with Crippen LogP contribution in [0.1, 0.15) is 15.9 Å². The van der Waals surface area contributed by atoms with Gasteiger partial charge < -0.3 is 4.74 Å². The predicted octanol–water partition coefficient (Wildman–Crippen LogP) is 3.08. The molecule has 0 saturated carbocycles. The molecule has 0 N–H and O–H groups in total. The SMILES string of the molecule is COc1nccnc1N(C)S(=O)(=O)c1ccc(/C=C/C2C=NN(C(=O)c3ccccc3)C2)cc1. The van der Waals surface area contributed by atoms with E-state index in [1.165, 1.54) is 43.7 Å². The number of carbonyl (C=O) groups is 1. The third-order valence-electron chi connectivity index (χ3n) is 5.25. The Hall–Kier alpha value is -4.05. The minimum absolute atomic E-state index is 0.0358. The lowest BCUT2D eigenvalue weighted by Gasteiger charge is -2.19. The predicted molar refractivity (Wildman–Crippen MR) is 129 cm³/mol. The Morgan fingerprint density at radius 3 is 2.50 bits per heavy atom. The van der Waals surface area contributed by atoms with Gasteiger partial charge in [0.2, 0.25) is 5.82 Å². The number of rotatable bonds is 7. The molecule has 2 heterocycles. The second-order valence-electron chi connectivity index (χ2n) is 7.47. The van der Waals surface area contributed by atoms with Gasteiger partial charge in [-0.3, -0.25) is 4.79 Å². The van der Waals surface area contributed by atoms with Gasteiger partial charge in [-0.15, -0.1) is 0 Å². The van der Waals surface area contributed by atoms with Gasteiger partial charge in [0, 0.05) is 37.1 Å². The van der Waals surface area contributed by atoms with Crippen LogP contribution in [0.3, 0.4) is 0 Å². The molecule has 1 aliphatic rings. The quantitative estimate of drug-likeness (QED) is 0.518. The number of nitrogens with zero attached hydrogens (tertiary/aromatic N) is 5. The van der Waals surface area contributed by atoms with E-state index in [9.17, 15) is 13.2 Å². The Bertz CT molecular complexity index is 1320. The van der Waals surface area contributed by atoms with Crippen molar-refractivity contribution in [2.75, 3.05) is 25.0 Å². The molecule has 1 amide bonds. The number of ether oxygens (including phenoxy) is 1. The zero-order valence-corrected chi connectivity index (χ0v) is 19.5. The number of aromatic nitrogens is 2. The lowest BCUT2D eigenvalue weighted by Crippen LogP contribution is -2.28. The number of hydrazone groups is 1. The van der Waals surface area contributed by atoms with Gasteiger partial charge >= 0.3 is 0 Å². The van der Waals surface area contributed by atoms with Crippen LogP contribution < -0.4 is 9.04 Å². The molecular formula is C24H23N5O4S. The smallest absolute Gasteiger partial charge is 0.273 e. The fourth-order valence-corrected chi connectivity index (χ4v) is 4.52. The number of carbonyl (C=O) groups excluding carboxylic acids is 1. The second kappa shape index (κ2) is 9.84. The van der Waals surface area contributed by atoms with Crippen LogP contribution in [0.4, 0.5) is 5.82 Å². The number of amides is 1. The fraction of sp³-hybridized carbons (Fsp3) is 0.167. The van der Waals surface area contributed by atoms with Crippen molar-refractivity contribution in [3.8, 4) is 5.88 Å². The number of benzene rings is 2. The van der Waals surface area contributed by atoms with Crippen molar-refractivity contribution in [2.24, 2.45) is 11.0 Å². The minimum Gasteiger partial charge on any atom is -0.478 e. The zero-order valence-electron chi connectivity index (χ0n) is 18.6. The van der Waals surface area contributed by atoms with E-state index in [1.54, 1.807) is 30.5 Å². The molecule has 9 nitrogen and oxygen atoms in total. The minimum atomic E-state index is -3.85. The van der Waals surface area contributed by atoms with Crippen molar-refractivity contribution in [2.45, 2.75) is 4.90 Å². The Kier molecular flexibility index (Phi) is 6.69. The first-order valence-electron chi connectivity index (χ1n) is 10.4. The summed E-state index contributed by atoms with van der Waals surface area (Å²) in [5.41, 5.74) is 1.41. The maximum Gasteiger partial charge on any atom is 0.273 e. The van der Waals surface area contributed by atoms with Crippen LogP contribution >= 0.6 is 0 Å². The molecule has 0 saturated heterocycles. The number of hydrogen-bond donors (Lipinski definition) is 0. The molecule has 1 aromatic heterocycles. The van der Waals surface area contributed by atoms with Crippen LogP contribution in [-0.2, 0) is 10.0 Å². The molecule has 3 aromatic rings. The fourth-order valence-electron chi connectivity index (χ4n) is 3.37. The topological polar surface area (TPSA) is 105 Å². The standard InChI is InChI=1S/C24H23N5O4S/c1-28(22-23(33-2)26-15-14-25-22)34(31,32)21-12-10-18(11-13-21)8-9-19-16-27-29(17-19)24(30)20-6-4-3-5-7-20/h3-16,19H,17H2,1-2H3/b9-8+. The molecule has 0 radical (unpaired) electrons. The Morgan fingerprint density at radius 1 is 1.09 bits per heavy atom. The second-order valence-corrected chi connectivity index (χ2v) is 9.44. The van der Waals surface area contributed by atoms with Crippen molar-refractivity contribution < 1.29 is 17.9 Å². The summed E-state index contributed by atoms with van der Waals surface area (Å²) >= 11 is 0. The Morgan fingerprint density at radius 2 is 1.79 bits per heavy atom. The van der Waals surface area contributed by atoms with E-state index in [0.29, 0.717) is 12.1 Å². The van der Waals surface area contributed by atoms with Gasteiger partial charge in [-0.1, -0.05) is 42.5 Å². The van der Waals surface area contributed by atoms with Crippen LogP contribution in [0.2, 0.25) is 0 Å². The summed E-state index contributed by atoms with van der Waals surface area (Å²) in [6.45, 7) is 0.446. The molecule has 0 spiro atoms. The van der Waals surface area contributed by atoms with Gasteiger partial charge in [0.15, 0.2) is 0 Å². The van der Waals surface area contributed by atoms with Crippen molar-refractivity contribution in [3.63, 3.8) is 0 Å². The average molecular weight is 478 g/mol. The van der Waals surface area contributed by atoms with Gasteiger partial charge in [0.05, 0.1) is 18.6 Å². The average Bonchev–Trinajstić information content (AvgIpc) is 3.36. The normalized spacial score (nSPS) is 15.6. The first kappa shape index (κ1) is 23.1. The number of methoxy groups -OCH3 is 1. The van der Waals surface area contributed by atoms with Crippen molar-refractivity contribution in [1.82, 2.24) is 15.0 Å².